The van der Waals surface area contributed by atoms with E-state index in [2.05, 4.69) is 15.3 Å². The van der Waals surface area contributed by atoms with Crippen LogP contribution in [0.2, 0.25) is 0 Å². The van der Waals surface area contributed by atoms with Gasteiger partial charge in [0.05, 0.1) is 11.6 Å². The van der Waals surface area contributed by atoms with E-state index in [1.54, 1.807) is 30.1 Å². The Kier molecular flexibility index (Phi) is 5.95. The van der Waals surface area contributed by atoms with E-state index < -0.39 is 11.6 Å². The van der Waals surface area contributed by atoms with E-state index in [-0.39, 0.29) is 23.2 Å². The predicted octanol–water partition coefficient (Wildman–Crippen LogP) is 5.79. The Hall–Kier alpha value is -3.32. The van der Waals surface area contributed by atoms with Gasteiger partial charge in [-0.15, -0.1) is 11.8 Å². The van der Waals surface area contributed by atoms with Gasteiger partial charge in [0.15, 0.2) is 0 Å². The van der Waals surface area contributed by atoms with Crippen LogP contribution in [0.1, 0.15) is 29.0 Å². The van der Waals surface area contributed by atoms with E-state index in [1.807, 2.05) is 37.4 Å². The zero-order valence-electron chi connectivity index (χ0n) is 16.9. The van der Waals surface area contributed by atoms with Crippen molar-refractivity contribution >= 4 is 28.6 Å². The molecule has 2 aromatic carbocycles. The molecule has 0 saturated carbocycles. The molecule has 0 radical (unpaired) electrons. The molecule has 7 heteroatoms. The van der Waals surface area contributed by atoms with Crippen LogP contribution in [0.15, 0.2) is 71.9 Å². The molecule has 1 atom stereocenters. The molecule has 2 heterocycles. The van der Waals surface area contributed by atoms with Crippen molar-refractivity contribution in [3.05, 3.63) is 89.9 Å². The molecule has 1 amide bonds. The van der Waals surface area contributed by atoms with Gasteiger partial charge >= 0.3 is 0 Å². The van der Waals surface area contributed by atoms with E-state index in [0.717, 1.165) is 16.5 Å². The largest absolute Gasteiger partial charge is 0.344 e. The first kappa shape index (κ1) is 20.9. The number of hydrogen-bond acceptors (Lipinski definition) is 4. The van der Waals surface area contributed by atoms with Gasteiger partial charge in [0, 0.05) is 39.9 Å². The fourth-order valence-electron chi connectivity index (χ4n) is 3.32. The summed E-state index contributed by atoms with van der Waals surface area (Å²) >= 11 is 1.65. The number of nitrogens with one attached hydrogen (secondary N) is 1. The number of pyridine rings is 2. The zero-order valence-corrected chi connectivity index (χ0v) is 17.7. The minimum absolute atomic E-state index is 0.173. The fourth-order valence-corrected chi connectivity index (χ4v) is 3.73. The topological polar surface area (TPSA) is 54.9 Å². The van der Waals surface area contributed by atoms with Crippen LogP contribution < -0.4 is 5.32 Å². The SMILES string of the molecule is CSc1ccc(C(C)NC(=O)c2ccc3cncc(-c4ccc(F)cc4F)c3n2)cc1. The number of halogens is 2. The monoisotopic (exact) mass is 435 g/mol. The van der Waals surface area contributed by atoms with Crippen LogP contribution in [0.4, 0.5) is 8.78 Å². The van der Waals surface area contributed by atoms with E-state index in [9.17, 15) is 13.6 Å². The first-order chi connectivity index (χ1) is 15.0. The average molecular weight is 435 g/mol. The highest BCUT2D eigenvalue weighted by Crippen LogP contribution is 2.29. The fraction of sp³-hybridized carbons (Fsp3) is 0.125. The van der Waals surface area contributed by atoms with E-state index in [0.29, 0.717) is 16.5 Å². The number of thioether (sulfide) groups is 1. The van der Waals surface area contributed by atoms with Gasteiger partial charge in [-0.3, -0.25) is 9.78 Å². The van der Waals surface area contributed by atoms with Crippen molar-refractivity contribution in [2.75, 3.05) is 6.26 Å². The molecule has 0 spiro atoms. The highest BCUT2D eigenvalue weighted by atomic mass is 32.2. The Morgan fingerprint density at radius 1 is 1.00 bits per heavy atom. The van der Waals surface area contributed by atoms with Crippen molar-refractivity contribution in [2.45, 2.75) is 17.9 Å². The predicted molar refractivity (Wildman–Crippen MR) is 119 cm³/mol. The lowest BCUT2D eigenvalue weighted by Crippen LogP contribution is -2.27. The highest BCUT2D eigenvalue weighted by molar-refractivity contribution is 7.98. The van der Waals surface area contributed by atoms with E-state index in [4.69, 9.17) is 0 Å². The number of nitrogens with zero attached hydrogens (tertiary/aromatic N) is 2. The third-order valence-corrected chi connectivity index (χ3v) is 5.76. The van der Waals surface area contributed by atoms with Crippen molar-refractivity contribution in [3.63, 3.8) is 0 Å². The third kappa shape index (κ3) is 4.41. The summed E-state index contributed by atoms with van der Waals surface area (Å²) in [6.45, 7) is 1.90. The number of fused-ring (bicyclic) bond motifs is 1. The molecule has 4 nitrogen and oxygen atoms in total. The van der Waals surface area contributed by atoms with E-state index >= 15 is 0 Å². The molecule has 0 fully saturated rings. The van der Waals surface area contributed by atoms with Crippen molar-refractivity contribution in [2.24, 2.45) is 0 Å². The zero-order chi connectivity index (χ0) is 22.0. The second-order valence-corrected chi connectivity index (χ2v) is 7.93. The van der Waals surface area contributed by atoms with Crippen molar-refractivity contribution in [1.29, 1.82) is 0 Å². The molecular weight excluding hydrogens is 416 g/mol. The van der Waals surface area contributed by atoms with Crippen LogP contribution >= 0.6 is 11.8 Å². The number of carbonyl (C=O) groups excluding carboxylic acids is 1. The number of aromatic nitrogens is 2. The van der Waals surface area contributed by atoms with Gasteiger partial charge in [0.1, 0.15) is 17.3 Å². The van der Waals surface area contributed by atoms with Crippen molar-refractivity contribution in [1.82, 2.24) is 15.3 Å². The summed E-state index contributed by atoms with van der Waals surface area (Å²) < 4.78 is 27.7. The molecule has 0 aliphatic rings. The molecule has 0 bridgehead atoms. The molecule has 4 aromatic rings. The molecule has 0 saturated heterocycles. The smallest absolute Gasteiger partial charge is 0.270 e. The molecule has 0 aliphatic carbocycles. The molecule has 31 heavy (non-hydrogen) atoms. The first-order valence-corrected chi connectivity index (χ1v) is 10.8. The summed E-state index contributed by atoms with van der Waals surface area (Å²) in [6, 6.07) is 14.4. The maximum absolute atomic E-state index is 14.4. The van der Waals surface area contributed by atoms with Crippen LogP contribution in [-0.4, -0.2) is 22.1 Å². The maximum atomic E-state index is 14.4. The minimum atomic E-state index is -0.715. The van der Waals surface area contributed by atoms with Gasteiger partial charge < -0.3 is 5.32 Å². The summed E-state index contributed by atoms with van der Waals surface area (Å²) in [5.74, 6) is -1.72. The van der Waals surface area contributed by atoms with Crippen molar-refractivity contribution in [3.8, 4) is 11.1 Å². The lowest BCUT2D eigenvalue weighted by molar-refractivity contribution is 0.0935. The lowest BCUT2D eigenvalue weighted by Gasteiger charge is -2.15. The van der Waals surface area contributed by atoms with Crippen LogP contribution in [-0.2, 0) is 0 Å². The van der Waals surface area contributed by atoms with Gasteiger partial charge in [-0.25, -0.2) is 13.8 Å². The number of carbonyl (C=O) groups is 1. The van der Waals surface area contributed by atoms with Gasteiger partial charge in [-0.2, -0.15) is 0 Å². The highest BCUT2D eigenvalue weighted by Gasteiger charge is 2.16. The Balaban J connectivity index is 1.65. The molecule has 1 N–H and O–H groups in total. The molecular formula is C24H19F2N3OS. The number of rotatable bonds is 5. The Bertz CT molecular complexity index is 1260. The molecule has 156 valence electrons. The summed E-state index contributed by atoms with van der Waals surface area (Å²) in [5, 5.41) is 3.60. The summed E-state index contributed by atoms with van der Waals surface area (Å²) in [4.78, 5) is 22.6. The van der Waals surface area contributed by atoms with Gasteiger partial charge in [0.25, 0.3) is 5.91 Å². The van der Waals surface area contributed by atoms with Gasteiger partial charge in [0.2, 0.25) is 0 Å². The van der Waals surface area contributed by atoms with Crippen LogP contribution in [0, 0.1) is 11.6 Å². The molecule has 4 rings (SSSR count). The maximum Gasteiger partial charge on any atom is 0.270 e. The number of amides is 1. The lowest BCUT2D eigenvalue weighted by atomic mass is 10.0. The Labute approximate surface area is 182 Å². The van der Waals surface area contributed by atoms with Crippen LogP contribution in [0.25, 0.3) is 22.0 Å². The Morgan fingerprint density at radius 2 is 1.77 bits per heavy atom. The second kappa shape index (κ2) is 8.81. The first-order valence-electron chi connectivity index (χ1n) is 9.61. The van der Waals surface area contributed by atoms with Gasteiger partial charge in [-0.05, 0) is 55.1 Å². The average Bonchev–Trinajstić information content (AvgIpc) is 2.78. The van der Waals surface area contributed by atoms with E-state index in [1.165, 1.54) is 18.3 Å². The number of benzene rings is 2. The van der Waals surface area contributed by atoms with Crippen LogP contribution in [0.3, 0.4) is 0 Å². The minimum Gasteiger partial charge on any atom is -0.344 e. The molecule has 0 aliphatic heterocycles. The molecule has 1 unspecified atom stereocenters. The quantitative estimate of drug-likeness (QED) is 0.403. The second-order valence-electron chi connectivity index (χ2n) is 7.05. The van der Waals surface area contributed by atoms with Crippen molar-refractivity contribution < 1.29 is 13.6 Å². The van der Waals surface area contributed by atoms with Gasteiger partial charge in [-0.1, -0.05) is 12.1 Å². The Morgan fingerprint density at radius 3 is 2.48 bits per heavy atom. The summed E-state index contributed by atoms with van der Waals surface area (Å²) in [5.41, 5.74) is 2.17. The summed E-state index contributed by atoms with van der Waals surface area (Å²) in [7, 11) is 0. The third-order valence-electron chi connectivity index (χ3n) is 5.02. The molecule has 2 aromatic heterocycles. The number of hydrogen-bond donors (Lipinski definition) is 1. The normalized spacial score (nSPS) is 12.0. The van der Waals surface area contributed by atoms with Crippen LogP contribution in [0.5, 0.6) is 0 Å². The summed E-state index contributed by atoms with van der Waals surface area (Å²) in [6.07, 6.45) is 5.06. The standard InChI is InChI=1S/C24H19F2N3OS/c1-14(15-3-7-18(31-2)8-4-15)28-24(30)22-10-5-16-12-27-13-20(23(16)29-22)19-9-6-17(25)11-21(19)26/h3-14H,1-2H3,(H,28,30).